The summed E-state index contributed by atoms with van der Waals surface area (Å²) in [6.45, 7) is 3.67. The molecule has 0 radical (unpaired) electrons. The molecule has 2 N–H and O–H groups in total. The van der Waals surface area contributed by atoms with Crippen LogP contribution in [0.15, 0.2) is 24.3 Å². The molecule has 0 aromatic heterocycles. The van der Waals surface area contributed by atoms with Gasteiger partial charge in [0, 0.05) is 31.1 Å². The Morgan fingerprint density at radius 1 is 1.38 bits per heavy atom. The van der Waals surface area contributed by atoms with Crippen LogP contribution in [0.5, 0.6) is 0 Å². The summed E-state index contributed by atoms with van der Waals surface area (Å²) in [6, 6.07) is 7.53. The van der Waals surface area contributed by atoms with Crippen LogP contribution in [-0.4, -0.2) is 23.9 Å². The average Bonchev–Trinajstić information content (AvgIpc) is 2.28. The number of carbonyl (C=O) groups is 1. The molecule has 0 saturated heterocycles. The number of benzene rings is 1. The van der Waals surface area contributed by atoms with E-state index in [1.54, 1.807) is 4.90 Å². The second-order valence-corrected chi connectivity index (χ2v) is 4.01. The minimum atomic E-state index is 0.0972. The molecule has 3 nitrogen and oxygen atoms in total. The van der Waals surface area contributed by atoms with Crippen molar-refractivity contribution in [2.45, 2.75) is 19.9 Å². The first-order valence-electron chi connectivity index (χ1n) is 5.39. The summed E-state index contributed by atoms with van der Waals surface area (Å²) in [4.78, 5) is 13.5. The maximum absolute atomic E-state index is 11.7. The van der Waals surface area contributed by atoms with E-state index in [4.69, 9.17) is 17.3 Å². The van der Waals surface area contributed by atoms with Crippen LogP contribution in [0.3, 0.4) is 0 Å². The zero-order valence-electron chi connectivity index (χ0n) is 9.45. The lowest BCUT2D eigenvalue weighted by Gasteiger charge is -2.20. The maximum Gasteiger partial charge on any atom is 0.224 e. The Balaban J connectivity index is 2.62. The third-order valence-electron chi connectivity index (χ3n) is 2.38. The first kappa shape index (κ1) is 13.0. The fourth-order valence-electron chi connectivity index (χ4n) is 1.47. The highest BCUT2D eigenvalue weighted by Crippen LogP contribution is 2.11. The minimum Gasteiger partial charge on any atom is -0.339 e. The lowest BCUT2D eigenvalue weighted by molar-refractivity contribution is -0.131. The molecular weight excluding hydrogens is 224 g/mol. The second kappa shape index (κ2) is 6.51. The van der Waals surface area contributed by atoms with E-state index in [0.717, 1.165) is 5.56 Å². The third kappa shape index (κ3) is 3.83. The summed E-state index contributed by atoms with van der Waals surface area (Å²) >= 11 is 5.80. The molecule has 0 aliphatic heterocycles. The van der Waals surface area contributed by atoms with Gasteiger partial charge in [-0.1, -0.05) is 23.7 Å². The van der Waals surface area contributed by atoms with E-state index in [9.17, 15) is 4.79 Å². The van der Waals surface area contributed by atoms with E-state index in [1.807, 2.05) is 31.2 Å². The SMILES string of the molecule is CCN(Cc1ccc(Cl)cc1)C(=O)CCN. The number of halogens is 1. The summed E-state index contributed by atoms with van der Waals surface area (Å²) in [5, 5.41) is 0.708. The topological polar surface area (TPSA) is 46.3 Å². The van der Waals surface area contributed by atoms with E-state index < -0.39 is 0 Å². The predicted molar refractivity (Wildman–Crippen MR) is 66.2 cm³/mol. The van der Waals surface area contributed by atoms with Gasteiger partial charge >= 0.3 is 0 Å². The quantitative estimate of drug-likeness (QED) is 0.856. The summed E-state index contributed by atoms with van der Waals surface area (Å²) in [5.74, 6) is 0.0972. The van der Waals surface area contributed by atoms with Crippen LogP contribution < -0.4 is 5.73 Å². The van der Waals surface area contributed by atoms with Gasteiger partial charge in [-0.2, -0.15) is 0 Å². The molecule has 4 heteroatoms. The standard InChI is InChI=1S/C12H17ClN2O/c1-2-15(12(16)7-8-14)9-10-3-5-11(13)6-4-10/h3-6H,2,7-9,14H2,1H3. The molecule has 1 aromatic rings. The van der Waals surface area contributed by atoms with Crippen molar-refractivity contribution in [1.29, 1.82) is 0 Å². The Bertz CT molecular complexity index is 337. The van der Waals surface area contributed by atoms with E-state index in [0.29, 0.717) is 31.1 Å². The average molecular weight is 241 g/mol. The summed E-state index contributed by atoms with van der Waals surface area (Å²) in [5.41, 5.74) is 6.45. The van der Waals surface area contributed by atoms with E-state index in [-0.39, 0.29) is 5.91 Å². The lowest BCUT2D eigenvalue weighted by atomic mass is 10.2. The van der Waals surface area contributed by atoms with Gasteiger partial charge in [-0.05, 0) is 24.6 Å². The number of nitrogens with zero attached hydrogens (tertiary/aromatic N) is 1. The van der Waals surface area contributed by atoms with Crippen molar-refractivity contribution >= 4 is 17.5 Å². The Labute approximate surface area is 101 Å². The van der Waals surface area contributed by atoms with Crippen molar-refractivity contribution in [3.8, 4) is 0 Å². The zero-order valence-corrected chi connectivity index (χ0v) is 10.2. The summed E-state index contributed by atoms with van der Waals surface area (Å²) in [6.07, 6.45) is 0.404. The van der Waals surface area contributed by atoms with Gasteiger partial charge in [-0.15, -0.1) is 0 Å². The zero-order chi connectivity index (χ0) is 12.0. The number of hydrogen-bond acceptors (Lipinski definition) is 2. The van der Waals surface area contributed by atoms with Crippen molar-refractivity contribution in [3.05, 3.63) is 34.9 Å². The molecule has 0 aliphatic rings. The molecule has 16 heavy (non-hydrogen) atoms. The number of hydrogen-bond donors (Lipinski definition) is 1. The molecular formula is C12H17ClN2O. The molecule has 1 aromatic carbocycles. The smallest absolute Gasteiger partial charge is 0.224 e. The van der Waals surface area contributed by atoms with Crippen LogP contribution in [-0.2, 0) is 11.3 Å². The van der Waals surface area contributed by atoms with Crippen LogP contribution >= 0.6 is 11.6 Å². The van der Waals surface area contributed by atoms with E-state index >= 15 is 0 Å². The molecule has 1 rings (SSSR count). The van der Waals surface area contributed by atoms with Crippen molar-refractivity contribution in [2.24, 2.45) is 5.73 Å². The number of nitrogens with two attached hydrogens (primary N) is 1. The molecule has 0 saturated carbocycles. The molecule has 88 valence electrons. The first-order valence-corrected chi connectivity index (χ1v) is 5.77. The van der Waals surface area contributed by atoms with Crippen molar-refractivity contribution in [1.82, 2.24) is 4.90 Å². The summed E-state index contributed by atoms with van der Waals surface area (Å²) < 4.78 is 0. The number of carbonyl (C=O) groups excluding carboxylic acids is 1. The van der Waals surface area contributed by atoms with E-state index in [1.165, 1.54) is 0 Å². The fourth-order valence-corrected chi connectivity index (χ4v) is 1.59. The van der Waals surface area contributed by atoms with Crippen molar-refractivity contribution in [2.75, 3.05) is 13.1 Å². The molecule has 0 atom stereocenters. The highest BCUT2D eigenvalue weighted by atomic mass is 35.5. The van der Waals surface area contributed by atoms with Gasteiger partial charge in [0.05, 0.1) is 0 Å². The largest absolute Gasteiger partial charge is 0.339 e. The molecule has 1 amide bonds. The van der Waals surface area contributed by atoms with Gasteiger partial charge in [0.2, 0.25) is 5.91 Å². The highest BCUT2D eigenvalue weighted by molar-refractivity contribution is 6.30. The van der Waals surface area contributed by atoms with Crippen LogP contribution in [0.1, 0.15) is 18.9 Å². The molecule has 0 heterocycles. The molecule has 0 unspecified atom stereocenters. The van der Waals surface area contributed by atoms with Gasteiger partial charge in [0.25, 0.3) is 0 Å². The Morgan fingerprint density at radius 3 is 2.50 bits per heavy atom. The Morgan fingerprint density at radius 2 is 2.00 bits per heavy atom. The molecule has 0 bridgehead atoms. The predicted octanol–water partition coefficient (Wildman–Crippen LogP) is 2.04. The normalized spacial score (nSPS) is 10.2. The number of amides is 1. The highest BCUT2D eigenvalue weighted by Gasteiger charge is 2.10. The Hall–Kier alpha value is -1.06. The van der Waals surface area contributed by atoms with Crippen LogP contribution in [0.25, 0.3) is 0 Å². The summed E-state index contributed by atoms with van der Waals surface area (Å²) in [7, 11) is 0. The van der Waals surface area contributed by atoms with Gasteiger partial charge in [0.15, 0.2) is 0 Å². The van der Waals surface area contributed by atoms with Crippen LogP contribution in [0.2, 0.25) is 5.02 Å². The van der Waals surface area contributed by atoms with Gasteiger partial charge in [-0.25, -0.2) is 0 Å². The van der Waals surface area contributed by atoms with Crippen molar-refractivity contribution in [3.63, 3.8) is 0 Å². The van der Waals surface area contributed by atoms with Gasteiger partial charge in [-0.3, -0.25) is 4.79 Å². The minimum absolute atomic E-state index is 0.0972. The monoisotopic (exact) mass is 240 g/mol. The molecule has 0 fully saturated rings. The number of rotatable bonds is 5. The van der Waals surface area contributed by atoms with Crippen LogP contribution in [0.4, 0.5) is 0 Å². The maximum atomic E-state index is 11.7. The first-order chi connectivity index (χ1) is 7.67. The lowest BCUT2D eigenvalue weighted by Crippen LogP contribution is -2.31. The third-order valence-corrected chi connectivity index (χ3v) is 2.63. The second-order valence-electron chi connectivity index (χ2n) is 3.57. The fraction of sp³-hybridized carbons (Fsp3) is 0.417. The Kier molecular flexibility index (Phi) is 5.29. The van der Waals surface area contributed by atoms with Crippen molar-refractivity contribution < 1.29 is 4.79 Å². The molecule has 0 spiro atoms. The van der Waals surface area contributed by atoms with Gasteiger partial charge in [0.1, 0.15) is 0 Å². The van der Waals surface area contributed by atoms with Gasteiger partial charge < -0.3 is 10.6 Å². The molecule has 0 aliphatic carbocycles. The van der Waals surface area contributed by atoms with Crippen LogP contribution in [0, 0.1) is 0 Å². The van der Waals surface area contributed by atoms with E-state index in [2.05, 4.69) is 0 Å².